The van der Waals surface area contributed by atoms with E-state index in [0.29, 0.717) is 68.6 Å². The Kier molecular flexibility index (Phi) is 10.5. The monoisotopic (exact) mass is 594 g/mol. The van der Waals surface area contributed by atoms with Gasteiger partial charge in [-0.15, -0.1) is 0 Å². The minimum Gasteiger partial charge on any atom is -0.377 e. The van der Waals surface area contributed by atoms with E-state index in [0.717, 1.165) is 16.8 Å². The van der Waals surface area contributed by atoms with Crippen molar-refractivity contribution in [1.82, 2.24) is 20.3 Å². The summed E-state index contributed by atoms with van der Waals surface area (Å²) in [6.45, 7) is 4.23. The van der Waals surface area contributed by atoms with E-state index in [2.05, 4.69) is 41.2 Å². The number of hydrogen-bond donors (Lipinski definition) is 4. The molecule has 0 aliphatic carbocycles. The molecule has 226 valence electrons. The zero-order chi connectivity index (χ0) is 30.6. The van der Waals surface area contributed by atoms with Crippen molar-refractivity contribution in [1.29, 1.82) is 0 Å². The lowest BCUT2D eigenvalue weighted by Crippen LogP contribution is -2.22. The highest BCUT2D eigenvalue weighted by atomic mass is 16.5. The molecule has 44 heavy (non-hydrogen) atoms. The van der Waals surface area contributed by atoms with Crippen LogP contribution < -0.4 is 21.3 Å². The number of ether oxygens (including phenoxy) is 2. The third-order valence-electron chi connectivity index (χ3n) is 6.44. The molecule has 1 aromatic heterocycles. The second kappa shape index (κ2) is 15.3. The average molecular weight is 595 g/mol. The molecule has 1 amide bonds. The number of aromatic nitrogens is 3. The quantitative estimate of drug-likeness (QED) is 0.139. The molecule has 1 aliphatic rings. The molecule has 0 bridgehead atoms. The Bertz CT molecular complexity index is 1600. The molecular weight excluding hydrogens is 560 g/mol. The number of rotatable bonds is 16. The van der Waals surface area contributed by atoms with Gasteiger partial charge in [-0.05, 0) is 60.0 Å². The van der Waals surface area contributed by atoms with Crippen LogP contribution in [0.1, 0.15) is 34.0 Å². The Balaban J connectivity index is 1.22. The maximum absolute atomic E-state index is 12.6. The van der Waals surface area contributed by atoms with Crippen molar-refractivity contribution in [2.24, 2.45) is 4.99 Å². The van der Waals surface area contributed by atoms with E-state index in [9.17, 15) is 9.59 Å². The van der Waals surface area contributed by atoms with Gasteiger partial charge in [0.25, 0.3) is 5.91 Å². The number of amides is 1. The minimum absolute atomic E-state index is 0.0244. The molecule has 4 N–H and O–H groups in total. The summed E-state index contributed by atoms with van der Waals surface area (Å²) in [5.74, 6) is 0.818. The van der Waals surface area contributed by atoms with E-state index >= 15 is 0 Å². The van der Waals surface area contributed by atoms with Crippen LogP contribution in [-0.2, 0) is 27.4 Å². The highest BCUT2D eigenvalue weighted by Gasteiger charge is 2.11. The van der Waals surface area contributed by atoms with Crippen molar-refractivity contribution in [3.8, 4) is 0 Å². The van der Waals surface area contributed by atoms with Crippen LogP contribution in [0.5, 0.6) is 0 Å². The standard InChI is InChI=1S/C32H34N8O4/c1-22(41)21-44-16-15-43-14-13-34-30-38-31(40-32(39-30)37-28-12-9-25-19-33-20-26(25)17-28)36-27-10-7-24(8-11-27)29(42)35-18-23-5-3-2-4-6-23/h2-12,17,20H,13-16,18-19,21H2,1H3,(H,35,42)(H3,34,36,37,38,39,40). The molecule has 0 unspecified atom stereocenters. The maximum Gasteiger partial charge on any atom is 0.251 e. The molecule has 12 nitrogen and oxygen atoms in total. The van der Waals surface area contributed by atoms with Gasteiger partial charge in [-0.1, -0.05) is 36.4 Å². The molecule has 0 atom stereocenters. The maximum atomic E-state index is 12.6. The molecule has 2 heterocycles. The number of Topliss-reactive ketones (excluding diaryl/α,β-unsaturated/α-hetero) is 1. The molecule has 0 fully saturated rings. The fourth-order valence-electron chi connectivity index (χ4n) is 4.26. The fraction of sp³-hybridized carbons (Fsp3) is 0.250. The summed E-state index contributed by atoms with van der Waals surface area (Å²) in [7, 11) is 0. The molecule has 5 rings (SSSR count). The van der Waals surface area contributed by atoms with Crippen LogP contribution >= 0.6 is 0 Å². The summed E-state index contributed by atoms with van der Waals surface area (Å²) >= 11 is 0. The molecule has 12 heteroatoms. The van der Waals surface area contributed by atoms with E-state index in [-0.39, 0.29) is 18.3 Å². The van der Waals surface area contributed by atoms with Gasteiger partial charge < -0.3 is 30.7 Å². The first-order valence-corrected chi connectivity index (χ1v) is 14.3. The van der Waals surface area contributed by atoms with Gasteiger partial charge in [0, 0.05) is 36.2 Å². The third kappa shape index (κ3) is 9.15. The van der Waals surface area contributed by atoms with Crippen LogP contribution in [0.4, 0.5) is 29.2 Å². The van der Waals surface area contributed by atoms with Crippen molar-refractivity contribution < 1.29 is 19.1 Å². The third-order valence-corrected chi connectivity index (χ3v) is 6.44. The summed E-state index contributed by atoms with van der Waals surface area (Å²) in [6, 6.07) is 22.8. The highest BCUT2D eigenvalue weighted by molar-refractivity contribution is 5.94. The van der Waals surface area contributed by atoms with E-state index in [1.165, 1.54) is 12.5 Å². The normalized spacial score (nSPS) is 11.6. The molecule has 4 aromatic rings. The number of aliphatic imine (C=N–C) groups is 1. The number of carbonyl (C=O) groups excluding carboxylic acids is 2. The number of anilines is 5. The van der Waals surface area contributed by atoms with Gasteiger partial charge in [-0.25, -0.2) is 0 Å². The molecule has 0 saturated heterocycles. The Hall–Kier alpha value is -5.20. The van der Waals surface area contributed by atoms with Crippen LogP contribution in [0, 0.1) is 0 Å². The summed E-state index contributed by atoms with van der Waals surface area (Å²) in [4.78, 5) is 41.5. The Morgan fingerprint density at radius 2 is 1.50 bits per heavy atom. The van der Waals surface area contributed by atoms with Crippen LogP contribution in [0.15, 0.2) is 77.8 Å². The van der Waals surface area contributed by atoms with Gasteiger partial charge in [0.2, 0.25) is 17.8 Å². The zero-order valence-electron chi connectivity index (χ0n) is 24.4. The molecular formula is C32H34N8O4. The van der Waals surface area contributed by atoms with E-state index in [1.807, 2.05) is 54.7 Å². The number of ketones is 1. The number of hydrogen-bond acceptors (Lipinski definition) is 11. The number of nitrogens with zero attached hydrogens (tertiary/aromatic N) is 4. The van der Waals surface area contributed by atoms with Gasteiger partial charge in [-0.2, -0.15) is 15.0 Å². The van der Waals surface area contributed by atoms with E-state index < -0.39 is 0 Å². The summed E-state index contributed by atoms with van der Waals surface area (Å²) in [5.41, 5.74) is 5.31. The Morgan fingerprint density at radius 1 is 0.795 bits per heavy atom. The summed E-state index contributed by atoms with van der Waals surface area (Å²) in [6.07, 6.45) is 1.85. The predicted molar refractivity (Wildman–Crippen MR) is 169 cm³/mol. The number of carbonyl (C=O) groups is 2. The van der Waals surface area contributed by atoms with Crippen molar-refractivity contribution in [3.05, 3.63) is 95.1 Å². The first-order valence-electron chi connectivity index (χ1n) is 14.3. The van der Waals surface area contributed by atoms with Gasteiger partial charge in [0.15, 0.2) is 5.78 Å². The molecule has 1 aliphatic heterocycles. The van der Waals surface area contributed by atoms with Crippen LogP contribution in [0.3, 0.4) is 0 Å². The fourth-order valence-corrected chi connectivity index (χ4v) is 4.26. The smallest absolute Gasteiger partial charge is 0.251 e. The topological polar surface area (TPSA) is 152 Å². The Labute approximate surface area is 255 Å². The number of fused-ring (bicyclic) bond motifs is 1. The molecule has 0 saturated carbocycles. The summed E-state index contributed by atoms with van der Waals surface area (Å²) < 4.78 is 10.8. The summed E-state index contributed by atoms with van der Waals surface area (Å²) in [5, 5.41) is 12.5. The van der Waals surface area contributed by atoms with Crippen molar-refractivity contribution in [2.45, 2.75) is 20.0 Å². The minimum atomic E-state index is -0.162. The second-order valence-corrected chi connectivity index (χ2v) is 9.98. The Morgan fingerprint density at radius 3 is 2.27 bits per heavy atom. The lowest BCUT2D eigenvalue weighted by molar-refractivity contribution is -0.121. The van der Waals surface area contributed by atoms with E-state index in [1.54, 1.807) is 24.3 Å². The van der Waals surface area contributed by atoms with Gasteiger partial charge in [-0.3, -0.25) is 14.6 Å². The molecule has 3 aromatic carbocycles. The van der Waals surface area contributed by atoms with E-state index in [4.69, 9.17) is 9.47 Å². The first kappa shape index (κ1) is 30.3. The lowest BCUT2D eigenvalue weighted by atomic mass is 10.1. The van der Waals surface area contributed by atoms with Crippen LogP contribution in [0.2, 0.25) is 0 Å². The number of nitrogens with one attached hydrogen (secondary N) is 4. The average Bonchev–Trinajstić information content (AvgIpc) is 3.50. The lowest BCUT2D eigenvalue weighted by Gasteiger charge is -2.12. The van der Waals surface area contributed by atoms with Crippen molar-refractivity contribution >= 4 is 47.1 Å². The van der Waals surface area contributed by atoms with Gasteiger partial charge in [0.05, 0.1) is 26.4 Å². The van der Waals surface area contributed by atoms with Crippen molar-refractivity contribution in [3.63, 3.8) is 0 Å². The van der Waals surface area contributed by atoms with Crippen LogP contribution in [-0.4, -0.2) is 65.8 Å². The molecule has 0 spiro atoms. The predicted octanol–water partition coefficient (Wildman–Crippen LogP) is 4.26. The largest absolute Gasteiger partial charge is 0.377 e. The highest BCUT2D eigenvalue weighted by Crippen LogP contribution is 2.23. The SMILES string of the molecule is CC(=O)COCCOCCNc1nc(Nc2ccc(C(=O)NCc3ccccc3)cc2)nc(Nc2ccc3c(c2)C=NC3)n1. The second-order valence-electron chi connectivity index (χ2n) is 9.98. The number of benzene rings is 3. The van der Waals surface area contributed by atoms with Gasteiger partial charge in [0.1, 0.15) is 6.61 Å². The van der Waals surface area contributed by atoms with Crippen molar-refractivity contribution in [2.75, 3.05) is 48.9 Å². The van der Waals surface area contributed by atoms with Gasteiger partial charge >= 0.3 is 0 Å². The zero-order valence-corrected chi connectivity index (χ0v) is 24.4. The molecule has 0 radical (unpaired) electrons. The van der Waals surface area contributed by atoms with Crippen LogP contribution in [0.25, 0.3) is 0 Å². The first-order chi connectivity index (χ1) is 21.5.